The van der Waals surface area contributed by atoms with Crippen LogP contribution in [-0.2, 0) is 16.0 Å². The molecule has 0 saturated carbocycles. The highest BCUT2D eigenvalue weighted by atomic mass is 19.1. The molecule has 31 heavy (non-hydrogen) atoms. The summed E-state index contributed by atoms with van der Waals surface area (Å²) < 4.78 is 32.8. The van der Waals surface area contributed by atoms with Gasteiger partial charge in [-0.2, -0.15) is 0 Å². The highest BCUT2D eigenvalue weighted by molar-refractivity contribution is 5.73. The summed E-state index contributed by atoms with van der Waals surface area (Å²) >= 11 is 0. The number of hydrogen-bond donors (Lipinski definition) is 4. The fourth-order valence-electron chi connectivity index (χ4n) is 3.22. The SMILES string of the molecule is CC(=O)NC(Cc1cc(F)cc(F)c1)C(O)CNC(COCCC(C)(C)C)CC(C)N. The number of hydrogen-bond acceptors (Lipinski definition) is 5. The lowest BCUT2D eigenvalue weighted by molar-refractivity contribution is -0.120. The number of nitrogens with one attached hydrogen (secondary N) is 2. The molecule has 1 aromatic rings. The smallest absolute Gasteiger partial charge is 0.217 e. The fourth-order valence-corrected chi connectivity index (χ4v) is 3.22. The maximum Gasteiger partial charge on any atom is 0.217 e. The highest BCUT2D eigenvalue weighted by Crippen LogP contribution is 2.18. The first-order valence-electron chi connectivity index (χ1n) is 10.8. The molecule has 1 aromatic carbocycles. The van der Waals surface area contributed by atoms with Crippen LogP contribution in [0.4, 0.5) is 8.78 Å². The number of nitrogens with two attached hydrogens (primary N) is 1. The molecule has 0 heterocycles. The Bertz CT molecular complexity index is 660. The van der Waals surface area contributed by atoms with E-state index in [9.17, 15) is 18.7 Å². The number of rotatable bonds is 13. The lowest BCUT2D eigenvalue weighted by Gasteiger charge is -2.27. The van der Waals surface area contributed by atoms with E-state index >= 15 is 0 Å². The third kappa shape index (κ3) is 12.7. The molecule has 0 fully saturated rings. The Morgan fingerprint density at radius 1 is 1.23 bits per heavy atom. The summed E-state index contributed by atoms with van der Waals surface area (Å²) in [5.41, 5.74) is 6.48. The molecule has 0 saturated heterocycles. The zero-order valence-corrected chi connectivity index (χ0v) is 19.4. The van der Waals surface area contributed by atoms with E-state index in [1.165, 1.54) is 19.1 Å². The van der Waals surface area contributed by atoms with Crippen molar-refractivity contribution in [3.8, 4) is 0 Å². The summed E-state index contributed by atoms with van der Waals surface area (Å²) in [4.78, 5) is 11.6. The average molecular weight is 444 g/mol. The van der Waals surface area contributed by atoms with Crippen LogP contribution in [0, 0.1) is 17.0 Å². The maximum atomic E-state index is 13.5. The van der Waals surface area contributed by atoms with Crippen LogP contribution in [0.1, 0.15) is 53.0 Å². The number of ether oxygens (including phenoxy) is 1. The topological polar surface area (TPSA) is 96.6 Å². The van der Waals surface area contributed by atoms with Crippen LogP contribution in [0.25, 0.3) is 0 Å². The molecule has 5 N–H and O–H groups in total. The Kier molecular flexibility index (Phi) is 11.5. The molecule has 0 aromatic heterocycles. The summed E-state index contributed by atoms with van der Waals surface area (Å²) in [5.74, 6) is -1.74. The second-order valence-corrected chi connectivity index (χ2v) is 9.56. The van der Waals surface area contributed by atoms with Crippen molar-refractivity contribution in [2.24, 2.45) is 11.1 Å². The van der Waals surface area contributed by atoms with Gasteiger partial charge in [-0.15, -0.1) is 0 Å². The molecule has 4 atom stereocenters. The van der Waals surface area contributed by atoms with Crippen molar-refractivity contribution in [3.05, 3.63) is 35.4 Å². The van der Waals surface area contributed by atoms with Crippen LogP contribution in [0.15, 0.2) is 18.2 Å². The molecule has 8 heteroatoms. The van der Waals surface area contributed by atoms with Crippen LogP contribution in [0.2, 0.25) is 0 Å². The van der Waals surface area contributed by atoms with Crippen molar-refractivity contribution in [1.29, 1.82) is 0 Å². The summed E-state index contributed by atoms with van der Waals surface area (Å²) in [6.45, 7) is 10.9. The molecule has 0 aliphatic carbocycles. The number of carbonyl (C=O) groups excluding carboxylic acids is 1. The first-order valence-corrected chi connectivity index (χ1v) is 10.8. The summed E-state index contributed by atoms with van der Waals surface area (Å²) in [6, 6.07) is 2.35. The number of amides is 1. The highest BCUT2D eigenvalue weighted by Gasteiger charge is 2.23. The van der Waals surface area contributed by atoms with E-state index in [4.69, 9.17) is 10.5 Å². The van der Waals surface area contributed by atoms with E-state index in [1.807, 2.05) is 6.92 Å². The van der Waals surface area contributed by atoms with Gasteiger partial charge in [0.25, 0.3) is 0 Å². The second-order valence-electron chi connectivity index (χ2n) is 9.56. The first kappa shape index (κ1) is 27.4. The molecule has 0 aliphatic rings. The molecule has 0 spiro atoms. The molecule has 0 aliphatic heterocycles. The number of aliphatic hydroxyl groups is 1. The third-order valence-electron chi connectivity index (χ3n) is 4.82. The quantitative estimate of drug-likeness (QED) is 0.351. The Balaban J connectivity index is 2.70. The minimum absolute atomic E-state index is 0.0535. The number of halogens is 2. The van der Waals surface area contributed by atoms with Crippen molar-refractivity contribution < 1.29 is 23.4 Å². The molecule has 1 amide bonds. The Morgan fingerprint density at radius 2 is 1.84 bits per heavy atom. The van der Waals surface area contributed by atoms with Crippen molar-refractivity contribution >= 4 is 5.91 Å². The maximum absolute atomic E-state index is 13.5. The van der Waals surface area contributed by atoms with Crippen molar-refractivity contribution in [3.63, 3.8) is 0 Å². The van der Waals surface area contributed by atoms with Gasteiger partial charge in [-0.3, -0.25) is 4.79 Å². The molecule has 0 bridgehead atoms. The van der Waals surface area contributed by atoms with Gasteiger partial charge in [0.2, 0.25) is 5.91 Å². The van der Waals surface area contributed by atoms with Gasteiger partial charge in [0.1, 0.15) is 11.6 Å². The molecule has 0 radical (unpaired) electrons. The van der Waals surface area contributed by atoms with E-state index in [0.29, 0.717) is 25.2 Å². The van der Waals surface area contributed by atoms with E-state index in [-0.39, 0.29) is 36.4 Å². The molecule has 1 rings (SSSR count). The molecule has 4 unspecified atom stereocenters. The zero-order valence-electron chi connectivity index (χ0n) is 19.4. The first-order chi connectivity index (χ1) is 14.4. The minimum Gasteiger partial charge on any atom is -0.390 e. The lowest BCUT2D eigenvalue weighted by atomic mass is 9.93. The van der Waals surface area contributed by atoms with Crippen LogP contribution in [-0.4, -0.2) is 55.0 Å². The van der Waals surface area contributed by atoms with E-state index in [0.717, 1.165) is 12.5 Å². The largest absolute Gasteiger partial charge is 0.390 e. The number of carbonyl (C=O) groups is 1. The van der Waals surface area contributed by atoms with Crippen LogP contribution in [0.3, 0.4) is 0 Å². The van der Waals surface area contributed by atoms with E-state index in [2.05, 4.69) is 31.4 Å². The normalized spacial score (nSPS) is 15.9. The predicted octanol–water partition coefficient (Wildman–Crippen LogP) is 2.52. The molecular formula is C23H39F2N3O3. The van der Waals surface area contributed by atoms with E-state index < -0.39 is 23.8 Å². The zero-order chi connectivity index (χ0) is 23.6. The summed E-state index contributed by atoms with van der Waals surface area (Å²) in [5, 5.41) is 16.6. The van der Waals surface area contributed by atoms with Gasteiger partial charge in [0.05, 0.1) is 18.8 Å². The Morgan fingerprint density at radius 3 is 2.35 bits per heavy atom. The third-order valence-corrected chi connectivity index (χ3v) is 4.82. The lowest BCUT2D eigenvalue weighted by Crippen LogP contribution is -2.50. The Hall–Kier alpha value is -1.61. The molecule has 6 nitrogen and oxygen atoms in total. The van der Waals surface area contributed by atoms with Crippen molar-refractivity contribution in [2.75, 3.05) is 19.8 Å². The van der Waals surface area contributed by atoms with Crippen molar-refractivity contribution in [2.45, 2.75) is 78.1 Å². The molecule has 178 valence electrons. The van der Waals surface area contributed by atoms with Gasteiger partial charge in [-0.1, -0.05) is 20.8 Å². The summed E-state index contributed by atoms with van der Waals surface area (Å²) in [6.07, 6.45) is 0.703. The van der Waals surface area contributed by atoms with Crippen LogP contribution >= 0.6 is 0 Å². The monoisotopic (exact) mass is 443 g/mol. The standard InChI is InChI=1S/C23H39F2N3O3/c1-15(26)8-20(14-31-7-6-23(3,4)5)27-13-22(30)21(28-16(2)29)11-17-9-18(24)12-19(25)10-17/h9-10,12,15,20-22,27,30H,6-8,11,13-14,26H2,1-5H3,(H,28,29). The predicted molar refractivity (Wildman–Crippen MR) is 119 cm³/mol. The van der Waals surface area contributed by atoms with E-state index in [1.54, 1.807) is 0 Å². The van der Waals surface area contributed by atoms with Gasteiger partial charge in [-0.25, -0.2) is 8.78 Å². The van der Waals surface area contributed by atoms with Crippen molar-refractivity contribution in [1.82, 2.24) is 10.6 Å². The van der Waals surface area contributed by atoms with Gasteiger partial charge in [0, 0.05) is 38.2 Å². The van der Waals surface area contributed by atoms with Gasteiger partial charge >= 0.3 is 0 Å². The van der Waals surface area contributed by atoms with Gasteiger partial charge in [-0.05, 0) is 49.3 Å². The minimum atomic E-state index is -0.972. The van der Waals surface area contributed by atoms with Gasteiger partial charge in [0.15, 0.2) is 0 Å². The summed E-state index contributed by atoms with van der Waals surface area (Å²) in [7, 11) is 0. The Labute approximate surface area is 184 Å². The number of benzene rings is 1. The number of aliphatic hydroxyl groups excluding tert-OH is 1. The van der Waals surface area contributed by atoms with Crippen LogP contribution < -0.4 is 16.4 Å². The van der Waals surface area contributed by atoms with Gasteiger partial charge < -0.3 is 26.2 Å². The van der Waals surface area contributed by atoms with Crippen LogP contribution in [0.5, 0.6) is 0 Å². The molecular weight excluding hydrogens is 404 g/mol. The average Bonchev–Trinajstić information content (AvgIpc) is 2.59. The second kappa shape index (κ2) is 13.1. The fraction of sp³-hybridized carbons (Fsp3) is 0.696.